The van der Waals surface area contributed by atoms with Crippen molar-refractivity contribution in [3.05, 3.63) is 59.7 Å². The van der Waals surface area contributed by atoms with Crippen molar-refractivity contribution in [1.29, 1.82) is 0 Å². The summed E-state index contributed by atoms with van der Waals surface area (Å²) in [6.07, 6.45) is 2.24. The third-order valence-corrected chi connectivity index (χ3v) is 7.31. The van der Waals surface area contributed by atoms with E-state index in [1.807, 2.05) is 34.6 Å². The van der Waals surface area contributed by atoms with E-state index in [0.717, 1.165) is 49.1 Å². The van der Waals surface area contributed by atoms with Crippen molar-refractivity contribution >= 4 is 16.7 Å². The third-order valence-electron chi connectivity index (χ3n) is 5.85. The molecule has 3 unspecified atom stereocenters. The van der Waals surface area contributed by atoms with E-state index in [4.69, 9.17) is 0 Å². The zero-order valence-corrected chi connectivity index (χ0v) is 15.7. The SMILES string of the molecule is O=S(c1ccccc1)N1CCc2cc(C3CC3NCC3CNC3)ccc21. The van der Waals surface area contributed by atoms with E-state index in [1.54, 1.807) is 0 Å². The molecular weight excluding hydrogens is 342 g/mol. The Hall–Kier alpha value is -1.69. The van der Waals surface area contributed by atoms with Gasteiger partial charge in [-0.3, -0.25) is 4.31 Å². The predicted molar refractivity (Wildman–Crippen MR) is 106 cm³/mol. The van der Waals surface area contributed by atoms with Crippen LogP contribution in [0.1, 0.15) is 23.5 Å². The molecule has 1 aliphatic carbocycles. The Balaban J connectivity index is 1.27. The van der Waals surface area contributed by atoms with Crippen LogP contribution in [0.15, 0.2) is 53.4 Å². The van der Waals surface area contributed by atoms with Crippen molar-refractivity contribution in [1.82, 2.24) is 10.6 Å². The molecule has 2 N–H and O–H groups in total. The summed E-state index contributed by atoms with van der Waals surface area (Å²) in [6, 6.07) is 17.2. The summed E-state index contributed by atoms with van der Waals surface area (Å²) in [7, 11) is -1.12. The summed E-state index contributed by atoms with van der Waals surface area (Å²) < 4.78 is 14.9. The molecule has 4 nitrogen and oxygen atoms in total. The van der Waals surface area contributed by atoms with Crippen LogP contribution in [0.25, 0.3) is 0 Å². The summed E-state index contributed by atoms with van der Waals surface area (Å²) in [6.45, 7) is 4.31. The number of anilines is 1. The third kappa shape index (κ3) is 3.08. The Kier molecular flexibility index (Phi) is 4.31. The Bertz CT molecular complexity index is 821. The van der Waals surface area contributed by atoms with Gasteiger partial charge in [-0.05, 0) is 48.1 Å². The van der Waals surface area contributed by atoms with Gasteiger partial charge in [0.25, 0.3) is 0 Å². The minimum Gasteiger partial charge on any atom is -0.316 e. The molecule has 0 aromatic heterocycles. The van der Waals surface area contributed by atoms with Crippen LogP contribution < -0.4 is 14.9 Å². The molecule has 2 aliphatic heterocycles. The standard InChI is InChI=1S/C21H25N3OS/c25-26(18-4-2-1-3-5-18)24-9-8-17-10-16(6-7-21(17)24)19-11-20(19)23-14-15-12-22-13-15/h1-7,10,15,19-20,22-23H,8-9,11-14H2. The van der Waals surface area contributed by atoms with Crippen LogP contribution in [0, 0.1) is 5.92 Å². The van der Waals surface area contributed by atoms with E-state index in [2.05, 4.69) is 28.8 Å². The quantitative estimate of drug-likeness (QED) is 0.824. The fourth-order valence-electron chi connectivity index (χ4n) is 4.06. The molecule has 0 spiro atoms. The second kappa shape index (κ2) is 6.80. The van der Waals surface area contributed by atoms with Crippen LogP contribution in [-0.2, 0) is 17.4 Å². The lowest BCUT2D eigenvalue weighted by Crippen LogP contribution is -2.47. The maximum atomic E-state index is 12.9. The summed E-state index contributed by atoms with van der Waals surface area (Å²) in [5.74, 6) is 1.47. The minimum atomic E-state index is -1.12. The first-order valence-electron chi connectivity index (χ1n) is 9.61. The van der Waals surface area contributed by atoms with Crippen LogP contribution in [0.3, 0.4) is 0 Å². The first kappa shape index (κ1) is 16.5. The molecule has 0 amide bonds. The van der Waals surface area contributed by atoms with Crippen LogP contribution in [0.4, 0.5) is 5.69 Å². The van der Waals surface area contributed by atoms with Gasteiger partial charge in [0.1, 0.15) is 0 Å². The first-order valence-corrected chi connectivity index (χ1v) is 10.7. The van der Waals surface area contributed by atoms with Gasteiger partial charge in [0.05, 0.1) is 10.6 Å². The molecule has 2 heterocycles. The molecule has 0 radical (unpaired) electrons. The highest BCUT2D eigenvalue weighted by atomic mass is 32.2. The predicted octanol–water partition coefficient (Wildman–Crippen LogP) is 2.44. The van der Waals surface area contributed by atoms with Crippen molar-refractivity contribution in [2.24, 2.45) is 5.92 Å². The Morgan fingerprint density at radius 2 is 2.00 bits per heavy atom. The molecule has 5 rings (SSSR count). The number of hydrogen-bond donors (Lipinski definition) is 2. The van der Waals surface area contributed by atoms with Gasteiger partial charge in [0, 0.05) is 38.1 Å². The second-order valence-corrected chi connectivity index (χ2v) is 9.09. The van der Waals surface area contributed by atoms with Crippen molar-refractivity contribution in [3.63, 3.8) is 0 Å². The van der Waals surface area contributed by atoms with Gasteiger partial charge in [-0.2, -0.15) is 0 Å². The van der Waals surface area contributed by atoms with E-state index in [1.165, 1.54) is 17.5 Å². The number of fused-ring (bicyclic) bond motifs is 1. The van der Waals surface area contributed by atoms with E-state index < -0.39 is 11.0 Å². The number of hydrogen-bond acceptors (Lipinski definition) is 3. The molecule has 5 heteroatoms. The van der Waals surface area contributed by atoms with Crippen LogP contribution in [-0.4, -0.2) is 36.4 Å². The van der Waals surface area contributed by atoms with Crippen molar-refractivity contribution in [2.75, 3.05) is 30.5 Å². The molecule has 2 aromatic rings. The normalized spacial score (nSPS) is 25.6. The average molecular weight is 368 g/mol. The lowest BCUT2D eigenvalue weighted by Gasteiger charge is -2.27. The maximum absolute atomic E-state index is 12.9. The summed E-state index contributed by atoms with van der Waals surface area (Å²) >= 11 is 0. The van der Waals surface area contributed by atoms with Crippen molar-refractivity contribution < 1.29 is 4.21 Å². The van der Waals surface area contributed by atoms with Gasteiger partial charge in [0.2, 0.25) is 0 Å². The monoisotopic (exact) mass is 367 g/mol. The molecule has 136 valence electrons. The molecule has 3 atom stereocenters. The largest absolute Gasteiger partial charge is 0.316 e. The number of nitrogens with one attached hydrogen (secondary N) is 2. The lowest BCUT2D eigenvalue weighted by atomic mass is 10.0. The number of benzene rings is 2. The van der Waals surface area contributed by atoms with Crippen LogP contribution in [0.5, 0.6) is 0 Å². The molecule has 2 aromatic carbocycles. The van der Waals surface area contributed by atoms with Gasteiger partial charge in [-0.1, -0.05) is 30.3 Å². The molecule has 1 saturated heterocycles. The molecule has 0 bridgehead atoms. The highest BCUT2D eigenvalue weighted by molar-refractivity contribution is 7.86. The topological polar surface area (TPSA) is 44.4 Å². The summed E-state index contributed by atoms with van der Waals surface area (Å²) in [4.78, 5) is 0.876. The number of rotatable bonds is 6. The highest BCUT2D eigenvalue weighted by Gasteiger charge is 2.39. The second-order valence-electron chi connectivity index (χ2n) is 7.68. The Morgan fingerprint density at radius 3 is 2.77 bits per heavy atom. The van der Waals surface area contributed by atoms with Gasteiger partial charge < -0.3 is 10.6 Å². The average Bonchev–Trinajstić information content (AvgIpc) is 3.29. The first-order chi connectivity index (χ1) is 12.8. The van der Waals surface area contributed by atoms with Gasteiger partial charge in [0.15, 0.2) is 11.0 Å². The van der Waals surface area contributed by atoms with E-state index in [9.17, 15) is 4.21 Å². The van der Waals surface area contributed by atoms with E-state index in [0.29, 0.717) is 12.0 Å². The Labute approximate surface area is 157 Å². The lowest BCUT2D eigenvalue weighted by molar-refractivity contribution is 0.330. The Morgan fingerprint density at radius 1 is 1.15 bits per heavy atom. The van der Waals surface area contributed by atoms with Crippen molar-refractivity contribution in [2.45, 2.75) is 29.7 Å². The fraction of sp³-hybridized carbons (Fsp3) is 0.429. The van der Waals surface area contributed by atoms with Gasteiger partial charge in [-0.25, -0.2) is 4.21 Å². The summed E-state index contributed by atoms with van der Waals surface area (Å²) in [5.41, 5.74) is 3.93. The summed E-state index contributed by atoms with van der Waals surface area (Å²) in [5, 5.41) is 7.06. The zero-order valence-electron chi connectivity index (χ0n) is 14.9. The maximum Gasteiger partial charge on any atom is 0.152 e. The fourth-order valence-corrected chi connectivity index (χ4v) is 5.32. The minimum absolute atomic E-state index is 0.643. The van der Waals surface area contributed by atoms with E-state index >= 15 is 0 Å². The molecule has 2 fully saturated rings. The van der Waals surface area contributed by atoms with Gasteiger partial charge >= 0.3 is 0 Å². The smallest absolute Gasteiger partial charge is 0.152 e. The van der Waals surface area contributed by atoms with Crippen molar-refractivity contribution in [3.8, 4) is 0 Å². The van der Waals surface area contributed by atoms with Crippen LogP contribution in [0.2, 0.25) is 0 Å². The van der Waals surface area contributed by atoms with Crippen LogP contribution >= 0.6 is 0 Å². The molecular formula is C21H25N3OS. The zero-order chi connectivity index (χ0) is 17.5. The highest BCUT2D eigenvalue weighted by Crippen LogP contribution is 2.43. The molecule has 1 saturated carbocycles. The van der Waals surface area contributed by atoms with Gasteiger partial charge in [-0.15, -0.1) is 0 Å². The van der Waals surface area contributed by atoms with E-state index in [-0.39, 0.29) is 0 Å². The molecule has 3 aliphatic rings. The molecule has 26 heavy (non-hydrogen) atoms. The number of nitrogens with zero attached hydrogens (tertiary/aromatic N) is 1.